The lowest BCUT2D eigenvalue weighted by Gasteiger charge is -2.14. The van der Waals surface area contributed by atoms with Gasteiger partial charge in [0.05, 0.1) is 15.7 Å². The average Bonchev–Trinajstić information content (AvgIpc) is 3.39. The smallest absolute Gasteiger partial charge is 0.415 e. The van der Waals surface area contributed by atoms with E-state index < -0.39 is 48.4 Å². The first-order valence-corrected chi connectivity index (χ1v) is 17.0. The normalized spacial score (nSPS) is 12.0. The summed E-state index contributed by atoms with van der Waals surface area (Å²) < 4.78 is 91.1. The molecule has 0 aliphatic heterocycles. The number of aryl methyl sites for hydroxylation is 1. The zero-order valence-electron chi connectivity index (χ0n) is 25.2. The second-order valence-electron chi connectivity index (χ2n) is 10.5. The number of fused-ring (bicyclic) bond motifs is 1. The predicted molar refractivity (Wildman–Crippen MR) is 166 cm³/mol. The number of aromatic nitrogens is 2. The Labute approximate surface area is 268 Å². The summed E-state index contributed by atoms with van der Waals surface area (Å²) in [5.74, 6) is -1.08. The van der Waals surface area contributed by atoms with Gasteiger partial charge in [-0.2, -0.15) is 13.1 Å². The van der Waals surface area contributed by atoms with Gasteiger partial charge in [-0.05, 0) is 67.1 Å². The van der Waals surface area contributed by atoms with Gasteiger partial charge in [-0.15, -0.1) is 0 Å². The van der Waals surface area contributed by atoms with Crippen molar-refractivity contribution in [2.45, 2.75) is 43.2 Å². The molecule has 0 aliphatic carbocycles. The predicted octanol–water partition coefficient (Wildman–Crippen LogP) is 3.40. The number of halogens is 1. The summed E-state index contributed by atoms with van der Waals surface area (Å²) in [6.45, 7) is 4.59. The van der Waals surface area contributed by atoms with Crippen LogP contribution in [0.2, 0.25) is 0 Å². The molecule has 248 valence electrons. The number of hydrogen-bond acceptors (Lipinski definition) is 11. The van der Waals surface area contributed by atoms with E-state index in [0.717, 1.165) is 0 Å². The summed E-state index contributed by atoms with van der Waals surface area (Å²) in [6.07, 6.45) is -0.161. The number of ether oxygens (including phenoxy) is 2. The lowest BCUT2D eigenvalue weighted by molar-refractivity contribution is -0.832. The zero-order valence-corrected chi connectivity index (χ0v) is 26.9. The van der Waals surface area contributed by atoms with E-state index in [-0.39, 0.29) is 57.6 Å². The van der Waals surface area contributed by atoms with Gasteiger partial charge in [-0.1, -0.05) is 30.3 Å². The Morgan fingerprint density at radius 2 is 1.72 bits per heavy atom. The molecule has 0 spiro atoms. The molecule has 14 nitrogen and oxygen atoms in total. The first kappa shape index (κ1) is 33.4. The minimum absolute atomic E-state index is 0.0822. The molecule has 5 aromatic rings. The molecule has 5 rings (SSSR count). The molecule has 0 amide bonds. The second-order valence-corrected chi connectivity index (χ2v) is 13.8. The topological polar surface area (TPSA) is 194 Å². The van der Waals surface area contributed by atoms with Crippen LogP contribution < -0.4 is 29.4 Å². The van der Waals surface area contributed by atoms with Crippen LogP contribution in [0.4, 0.5) is 10.1 Å². The Morgan fingerprint density at radius 1 is 1.00 bits per heavy atom. The Kier molecular flexibility index (Phi) is 9.50. The van der Waals surface area contributed by atoms with Crippen molar-refractivity contribution in [3.63, 3.8) is 0 Å². The van der Waals surface area contributed by atoms with Gasteiger partial charge in [0.25, 0.3) is 20.0 Å². The summed E-state index contributed by atoms with van der Waals surface area (Å²) in [5.41, 5.74) is 0.00112. The highest BCUT2D eigenvalue weighted by molar-refractivity contribution is 7.91. The van der Waals surface area contributed by atoms with E-state index in [2.05, 4.69) is 19.2 Å². The van der Waals surface area contributed by atoms with Crippen LogP contribution in [-0.2, 0) is 26.5 Å². The first-order valence-electron chi connectivity index (χ1n) is 14.1. The summed E-state index contributed by atoms with van der Waals surface area (Å²) >= 11 is 0. The Morgan fingerprint density at radius 3 is 2.45 bits per heavy atom. The zero-order chi connectivity index (χ0) is 33.9. The maximum atomic E-state index is 15.3. The van der Waals surface area contributed by atoms with Crippen molar-refractivity contribution < 1.29 is 44.6 Å². The molecule has 17 heteroatoms. The molecule has 2 N–H and O–H groups in total. The quantitative estimate of drug-likeness (QED) is 0.105. The standard InChI is InChI=1S/C30H29FN4O10S2/c1-18(2)33-47(40,41)34-25-11-7-8-20(27(25)31)16-24-19(3)23-13-12-21(17-26(23)44-30(24)36)42-14-15-43-28-29(35(37)45-32-28)46(38,39)22-9-5-4-6-10-22/h4-13,17-18,33-34H,14-16H2,1-3H3. The maximum Gasteiger partial charge on any atom is 0.415 e. The van der Waals surface area contributed by atoms with E-state index in [0.29, 0.717) is 10.9 Å². The van der Waals surface area contributed by atoms with Crippen LogP contribution >= 0.6 is 0 Å². The van der Waals surface area contributed by atoms with Crippen molar-refractivity contribution in [2.24, 2.45) is 0 Å². The summed E-state index contributed by atoms with van der Waals surface area (Å²) in [5, 5.41) is 15.2. The molecule has 2 aromatic heterocycles. The minimum atomic E-state index is -4.28. The fraction of sp³-hybridized carbons (Fsp3) is 0.233. The SMILES string of the molecule is Cc1c(Cc2cccc(NS(=O)(=O)NC(C)C)c2F)c(=O)oc2cc(OCCOc3no[n+]([O-])c3S(=O)(=O)c3ccccc3)ccc12. The molecule has 47 heavy (non-hydrogen) atoms. The van der Waals surface area contributed by atoms with Crippen LogP contribution in [0, 0.1) is 17.9 Å². The van der Waals surface area contributed by atoms with Crippen LogP contribution in [-0.4, -0.2) is 41.2 Å². The fourth-order valence-corrected chi connectivity index (χ4v) is 7.10. The summed E-state index contributed by atoms with van der Waals surface area (Å²) in [4.78, 5) is 12.6. The van der Waals surface area contributed by atoms with Crippen LogP contribution in [0.25, 0.3) is 11.0 Å². The molecule has 0 saturated heterocycles. The lowest BCUT2D eigenvalue weighted by atomic mass is 9.99. The molecule has 3 aromatic carbocycles. The number of anilines is 1. The van der Waals surface area contributed by atoms with Crippen molar-refractivity contribution in [3.8, 4) is 11.6 Å². The highest BCUT2D eigenvalue weighted by atomic mass is 32.2. The van der Waals surface area contributed by atoms with Crippen molar-refractivity contribution in [1.29, 1.82) is 0 Å². The molecular weight excluding hydrogens is 659 g/mol. The Hall–Kier alpha value is -5.00. The van der Waals surface area contributed by atoms with E-state index >= 15 is 4.39 Å². The summed E-state index contributed by atoms with van der Waals surface area (Å²) in [6, 6.07) is 15.7. The average molecular weight is 689 g/mol. The highest BCUT2D eigenvalue weighted by Gasteiger charge is 2.35. The largest absolute Gasteiger partial charge is 0.490 e. The third kappa shape index (κ3) is 7.37. The van der Waals surface area contributed by atoms with Crippen molar-refractivity contribution in [3.05, 3.63) is 105 Å². The first-order chi connectivity index (χ1) is 22.3. The number of hydrogen-bond donors (Lipinski definition) is 2. The molecule has 0 fully saturated rings. The fourth-order valence-electron chi connectivity index (χ4n) is 4.68. The van der Waals surface area contributed by atoms with Crippen molar-refractivity contribution in [2.75, 3.05) is 17.9 Å². The van der Waals surface area contributed by atoms with E-state index in [9.17, 15) is 26.8 Å². The molecule has 0 saturated carbocycles. The Bertz CT molecular complexity index is 2200. The lowest BCUT2D eigenvalue weighted by Crippen LogP contribution is -2.35. The maximum absolute atomic E-state index is 15.3. The Balaban J connectivity index is 1.28. The number of nitrogens with one attached hydrogen (secondary N) is 2. The van der Waals surface area contributed by atoms with Gasteiger partial charge in [0.2, 0.25) is 0 Å². The number of sulfone groups is 1. The van der Waals surface area contributed by atoms with Gasteiger partial charge in [0.1, 0.15) is 24.5 Å². The minimum Gasteiger partial charge on any atom is -0.490 e. The monoisotopic (exact) mass is 688 g/mol. The second kappa shape index (κ2) is 13.4. The van der Waals surface area contributed by atoms with E-state index in [1.165, 1.54) is 48.5 Å². The van der Waals surface area contributed by atoms with Crippen molar-refractivity contribution in [1.82, 2.24) is 9.88 Å². The molecular formula is C30H29FN4O10S2. The van der Waals surface area contributed by atoms with Gasteiger partial charge in [-0.25, -0.2) is 17.6 Å². The molecule has 0 bridgehead atoms. The van der Waals surface area contributed by atoms with E-state index in [1.807, 2.05) is 0 Å². The van der Waals surface area contributed by atoms with Crippen LogP contribution in [0.1, 0.15) is 30.5 Å². The van der Waals surface area contributed by atoms with Gasteiger partial charge in [0.15, 0.2) is 5.82 Å². The highest BCUT2D eigenvalue weighted by Crippen LogP contribution is 2.28. The van der Waals surface area contributed by atoms with Gasteiger partial charge >= 0.3 is 16.5 Å². The van der Waals surface area contributed by atoms with Crippen LogP contribution in [0.5, 0.6) is 11.6 Å². The van der Waals surface area contributed by atoms with Gasteiger partial charge < -0.3 is 19.1 Å². The van der Waals surface area contributed by atoms with Gasteiger partial charge in [0, 0.05) is 29.5 Å². The number of nitrogens with zero attached hydrogens (tertiary/aromatic N) is 2. The summed E-state index contributed by atoms with van der Waals surface area (Å²) in [7, 11) is -8.30. The third-order valence-corrected chi connectivity index (χ3v) is 9.78. The van der Waals surface area contributed by atoms with E-state index in [1.54, 1.807) is 39.0 Å². The van der Waals surface area contributed by atoms with Crippen LogP contribution in [0.15, 0.2) is 90.5 Å². The molecule has 0 atom stereocenters. The molecule has 0 aliphatic rings. The molecule has 2 heterocycles. The third-order valence-electron chi connectivity index (χ3n) is 6.79. The van der Waals surface area contributed by atoms with E-state index in [4.69, 9.17) is 13.9 Å². The molecule has 0 radical (unpaired) electrons. The number of rotatable bonds is 13. The van der Waals surface area contributed by atoms with Crippen molar-refractivity contribution >= 4 is 36.7 Å². The van der Waals surface area contributed by atoms with Gasteiger partial charge in [-0.3, -0.25) is 9.35 Å². The van der Waals surface area contributed by atoms with Crippen LogP contribution in [0.3, 0.4) is 0 Å². The number of benzene rings is 3. The molecule has 0 unspecified atom stereocenters.